The van der Waals surface area contributed by atoms with E-state index in [0.717, 1.165) is 0 Å². The molecule has 0 aliphatic heterocycles. The molecule has 3 N–H and O–H groups in total. The van der Waals surface area contributed by atoms with Crippen molar-refractivity contribution < 1.29 is 4.79 Å². The molecule has 0 bridgehead atoms. The number of nitrogen functional groups attached to an aromatic ring is 1. The van der Waals surface area contributed by atoms with Crippen LogP contribution in [0, 0.1) is 6.92 Å². The molecule has 0 saturated carbocycles. The standard InChI is InChI=1S/C10H10N6O/c1-6-4-7(5-8(11)14-6)9(17)15-10-12-2-3-13-16-10/h2-5H,1H3,(H2,11,14)(H,12,15,16,17). The average molecular weight is 230 g/mol. The van der Waals surface area contributed by atoms with Crippen LogP contribution in [0.25, 0.3) is 0 Å². The van der Waals surface area contributed by atoms with Crippen LogP contribution in [0.15, 0.2) is 24.5 Å². The molecule has 2 heterocycles. The highest BCUT2D eigenvalue weighted by Gasteiger charge is 2.09. The first-order valence-electron chi connectivity index (χ1n) is 4.84. The van der Waals surface area contributed by atoms with E-state index in [1.165, 1.54) is 18.5 Å². The van der Waals surface area contributed by atoms with Gasteiger partial charge in [0.2, 0.25) is 5.95 Å². The van der Waals surface area contributed by atoms with Gasteiger partial charge in [0.05, 0.1) is 12.4 Å². The van der Waals surface area contributed by atoms with Crippen LogP contribution in [0.2, 0.25) is 0 Å². The lowest BCUT2D eigenvalue weighted by atomic mass is 10.2. The van der Waals surface area contributed by atoms with E-state index < -0.39 is 0 Å². The van der Waals surface area contributed by atoms with Crippen molar-refractivity contribution in [2.75, 3.05) is 11.1 Å². The van der Waals surface area contributed by atoms with Gasteiger partial charge in [0.25, 0.3) is 5.91 Å². The Bertz CT molecular complexity index is 521. The van der Waals surface area contributed by atoms with Crippen LogP contribution in [0.5, 0.6) is 0 Å². The zero-order valence-corrected chi connectivity index (χ0v) is 9.08. The molecule has 2 rings (SSSR count). The van der Waals surface area contributed by atoms with E-state index in [-0.39, 0.29) is 11.9 Å². The Hall–Kier alpha value is -2.57. The van der Waals surface area contributed by atoms with E-state index in [1.807, 2.05) is 0 Å². The average Bonchev–Trinajstić information content (AvgIpc) is 2.29. The fraction of sp³-hybridized carbons (Fsp3) is 0.100. The van der Waals surface area contributed by atoms with Gasteiger partial charge < -0.3 is 5.73 Å². The summed E-state index contributed by atoms with van der Waals surface area (Å²) in [6.45, 7) is 1.76. The summed E-state index contributed by atoms with van der Waals surface area (Å²) < 4.78 is 0. The summed E-state index contributed by atoms with van der Waals surface area (Å²) in [5.41, 5.74) is 6.63. The van der Waals surface area contributed by atoms with Gasteiger partial charge in [0.1, 0.15) is 5.82 Å². The first-order chi connectivity index (χ1) is 8.15. The number of carbonyl (C=O) groups is 1. The van der Waals surface area contributed by atoms with Crippen molar-refractivity contribution in [1.82, 2.24) is 20.2 Å². The number of rotatable bonds is 2. The van der Waals surface area contributed by atoms with Crippen LogP contribution in [-0.2, 0) is 0 Å². The zero-order chi connectivity index (χ0) is 12.3. The lowest BCUT2D eigenvalue weighted by molar-refractivity contribution is 0.102. The maximum atomic E-state index is 11.8. The number of hydrogen-bond acceptors (Lipinski definition) is 6. The van der Waals surface area contributed by atoms with Gasteiger partial charge in [-0.1, -0.05) is 0 Å². The molecule has 86 valence electrons. The van der Waals surface area contributed by atoms with Gasteiger partial charge in [-0.3, -0.25) is 10.1 Å². The highest BCUT2D eigenvalue weighted by molar-refractivity contribution is 6.03. The van der Waals surface area contributed by atoms with E-state index in [4.69, 9.17) is 5.73 Å². The van der Waals surface area contributed by atoms with Gasteiger partial charge in [0.15, 0.2) is 0 Å². The molecule has 0 aliphatic carbocycles. The third-order valence-electron chi connectivity index (χ3n) is 1.94. The minimum atomic E-state index is -0.352. The topological polar surface area (TPSA) is 107 Å². The molecule has 7 nitrogen and oxygen atoms in total. The molecule has 2 aromatic heterocycles. The lowest BCUT2D eigenvalue weighted by Gasteiger charge is -2.04. The second-order valence-corrected chi connectivity index (χ2v) is 3.34. The van der Waals surface area contributed by atoms with Crippen molar-refractivity contribution in [2.45, 2.75) is 6.92 Å². The lowest BCUT2D eigenvalue weighted by Crippen LogP contribution is -2.15. The highest BCUT2D eigenvalue weighted by Crippen LogP contribution is 2.08. The third-order valence-corrected chi connectivity index (χ3v) is 1.94. The molecule has 0 aromatic carbocycles. The molecular weight excluding hydrogens is 220 g/mol. The molecule has 1 amide bonds. The van der Waals surface area contributed by atoms with E-state index in [1.54, 1.807) is 13.0 Å². The molecule has 0 saturated heterocycles. The molecule has 0 unspecified atom stereocenters. The van der Waals surface area contributed by atoms with Gasteiger partial charge in [0, 0.05) is 11.3 Å². The second-order valence-electron chi connectivity index (χ2n) is 3.34. The van der Waals surface area contributed by atoms with Gasteiger partial charge in [-0.25, -0.2) is 9.97 Å². The number of nitrogens with zero attached hydrogens (tertiary/aromatic N) is 4. The summed E-state index contributed by atoms with van der Waals surface area (Å²) in [4.78, 5) is 19.6. The summed E-state index contributed by atoms with van der Waals surface area (Å²) in [6.07, 6.45) is 2.86. The quantitative estimate of drug-likeness (QED) is 0.773. The number of aromatic nitrogens is 4. The molecule has 17 heavy (non-hydrogen) atoms. The van der Waals surface area contributed by atoms with Crippen molar-refractivity contribution in [2.24, 2.45) is 0 Å². The molecule has 2 aromatic rings. The maximum Gasteiger partial charge on any atom is 0.258 e. The van der Waals surface area contributed by atoms with Crippen molar-refractivity contribution in [3.63, 3.8) is 0 Å². The predicted molar refractivity (Wildman–Crippen MR) is 61.2 cm³/mol. The van der Waals surface area contributed by atoms with Crippen LogP contribution in [-0.4, -0.2) is 26.1 Å². The molecule has 0 aliphatic rings. The Morgan fingerprint density at radius 1 is 1.35 bits per heavy atom. The van der Waals surface area contributed by atoms with Crippen molar-refractivity contribution in [3.05, 3.63) is 35.8 Å². The number of carbonyl (C=O) groups excluding carboxylic acids is 1. The largest absolute Gasteiger partial charge is 0.384 e. The fourth-order valence-electron chi connectivity index (χ4n) is 1.30. The van der Waals surface area contributed by atoms with Crippen molar-refractivity contribution >= 4 is 17.7 Å². The number of aryl methyl sites for hydroxylation is 1. The van der Waals surface area contributed by atoms with E-state index >= 15 is 0 Å². The van der Waals surface area contributed by atoms with Crippen LogP contribution in [0.1, 0.15) is 16.1 Å². The van der Waals surface area contributed by atoms with Crippen LogP contribution in [0.4, 0.5) is 11.8 Å². The Morgan fingerprint density at radius 2 is 2.18 bits per heavy atom. The van der Waals surface area contributed by atoms with Gasteiger partial charge in [-0.15, -0.1) is 5.10 Å². The van der Waals surface area contributed by atoms with E-state index in [9.17, 15) is 4.79 Å². The van der Waals surface area contributed by atoms with Crippen molar-refractivity contribution in [3.8, 4) is 0 Å². The normalized spacial score (nSPS) is 9.94. The molecule has 0 radical (unpaired) electrons. The SMILES string of the molecule is Cc1cc(C(=O)Nc2nccnn2)cc(N)n1. The van der Waals surface area contributed by atoms with Crippen LogP contribution < -0.4 is 11.1 Å². The summed E-state index contributed by atoms with van der Waals surface area (Å²) >= 11 is 0. The van der Waals surface area contributed by atoms with Crippen molar-refractivity contribution in [1.29, 1.82) is 0 Å². The minimum Gasteiger partial charge on any atom is -0.384 e. The number of nitrogens with one attached hydrogen (secondary N) is 1. The molecule has 7 heteroatoms. The van der Waals surface area contributed by atoms with Gasteiger partial charge >= 0.3 is 0 Å². The minimum absolute atomic E-state index is 0.144. The van der Waals surface area contributed by atoms with Crippen LogP contribution >= 0.6 is 0 Å². The Kier molecular flexibility index (Phi) is 2.91. The van der Waals surface area contributed by atoms with E-state index in [2.05, 4.69) is 25.5 Å². The Balaban J connectivity index is 2.20. The first kappa shape index (κ1) is 10.9. The maximum absolute atomic E-state index is 11.8. The summed E-state index contributed by atoms with van der Waals surface area (Å²) in [5.74, 6) is 0.0861. The number of amides is 1. The summed E-state index contributed by atoms with van der Waals surface area (Å²) in [6, 6.07) is 3.11. The molecule has 0 spiro atoms. The second kappa shape index (κ2) is 4.52. The number of hydrogen-bond donors (Lipinski definition) is 2. The molecule has 0 fully saturated rings. The predicted octanol–water partition coefficient (Wildman–Crippen LogP) is 0.410. The van der Waals surface area contributed by atoms with Gasteiger partial charge in [-0.2, -0.15) is 5.10 Å². The van der Waals surface area contributed by atoms with E-state index in [0.29, 0.717) is 17.1 Å². The first-order valence-corrected chi connectivity index (χ1v) is 4.84. The Labute approximate surface area is 97.1 Å². The molecule has 0 atom stereocenters. The number of nitrogens with two attached hydrogens (primary N) is 1. The third kappa shape index (κ3) is 2.71. The summed E-state index contributed by atoms with van der Waals surface area (Å²) in [7, 11) is 0. The number of pyridine rings is 1. The van der Waals surface area contributed by atoms with Crippen LogP contribution in [0.3, 0.4) is 0 Å². The fourth-order valence-corrected chi connectivity index (χ4v) is 1.30. The van der Waals surface area contributed by atoms with Gasteiger partial charge in [-0.05, 0) is 19.1 Å². The monoisotopic (exact) mass is 230 g/mol. The highest BCUT2D eigenvalue weighted by atomic mass is 16.1. The number of anilines is 2. The molecular formula is C10H10N6O. The zero-order valence-electron chi connectivity index (χ0n) is 9.08. The smallest absolute Gasteiger partial charge is 0.258 e. The Morgan fingerprint density at radius 3 is 2.82 bits per heavy atom. The summed E-state index contributed by atoms with van der Waals surface area (Å²) in [5, 5.41) is 9.76.